The molecule has 0 saturated carbocycles. The Labute approximate surface area is 148 Å². The average molecular weight is 331 g/mol. The summed E-state index contributed by atoms with van der Waals surface area (Å²) >= 11 is 0. The summed E-state index contributed by atoms with van der Waals surface area (Å²) in [5, 5.41) is 0. The largest absolute Gasteiger partial charge is 0.497 e. The van der Waals surface area contributed by atoms with Gasteiger partial charge < -0.3 is 9.64 Å². The van der Waals surface area contributed by atoms with E-state index in [-0.39, 0.29) is 5.91 Å². The van der Waals surface area contributed by atoms with E-state index in [1.807, 2.05) is 79.7 Å². The molecule has 0 spiro atoms. The number of rotatable bonds is 5. The summed E-state index contributed by atoms with van der Waals surface area (Å²) < 4.78 is 5.25. The minimum atomic E-state index is -0.0494. The molecular weight excluding hydrogens is 310 g/mol. The molecule has 3 aromatic rings. The van der Waals surface area contributed by atoms with Gasteiger partial charge in [-0.25, -0.2) is 0 Å². The molecule has 3 heteroatoms. The number of hydrogen-bond acceptors (Lipinski definition) is 2. The lowest BCUT2D eigenvalue weighted by atomic mass is 10.1. The van der Waals surface area contributed by atoms with Crippen LogP contribution in [-0.2, 0) is 6.54 Å². The molecule has 0 saturated heterocycles. The highest BCUT2D eigenvalue weighted by Crippen LogP contribution is 2.22. The van der Waals surface area contributed by atoms with Crippen LogP contribution in [0.5, 0.6) is 5.75 Å². The molecule has 0 bridgehead atoms. The van der Waals surface area contributed by atoms with E-state index in [4.69, 9.17) is 4.74 Å². The van der Waals surface area contributed by atoms with Gasteiger partial charge in [-0.3, -0.25) is 4.79 Å². The first-order valence-electron chi connectivity index (χ1n) is 8.24. The molecule has 0 aliphatic rings. The van der Waals surface area contributed by atoms with Gasteiger partial charge in [0.05, 0.1) is 13.7 Å². The highest BCUT2D eigenvalue weighted by molar-refractivity contribution is 6.06. The number of carbonyl (C=O) groups excluding carboxylic acids is 1. The van der Waals surface area contributed by atoms with Gasteiger partial charge in [0.25, 0.3) is 5.91 Å². The van der Waals surface area contributed by atoms with E-state index in [9.17, 15) is 4.79 Å². The molecule has 0 aliphatic heterocycles. The fourth-order valence-corrected chi connectivity index (χ4v) is 2.68. The minimum Gasteiger partial charge on any atom is -0.497 e. The number of methoxy groups -OCH3 is 1. The van der Waals surface area contributed by atoms with Gasteiger partial charge in [-0.15, -0.1) is 0 Å². The van der Waals surface area contributed by atoms with Crippen molar-refractivity contribution in [2.24, 2.45) is 0 Å². The van der Waals surface area contributed by atoms with Crippen molar-refractivity contribution in [3.63, 3.8) is 0 Å². The Balaban J connectivity index is 1.97. The quantitative estimate of drug-likeness (QED) is 0.669. The second-order valence-corrected chi connectivity index (χ2v) is 5.94. The van der Waals surface area contributed by atoms with Crippen LogP contribution in [-0.4, -0.2) is 13.0 Å². The molecule has 3 nitrogen and oxygen atoms in total. The summed E-state index contributed by atoms with van der Waals surface area (Å²) in [7, 11) is 1.60. The van der Waals surface area contributed by atoms with E-state index in [0.29, 0.717) is 17.9 Å². The number of aryl methyl sites for hydroxylation is 1. The molecule has 0 radical (unpaired) electrons. The normalized spacial score (nSPS) is 10.3. The Morgan fingerprint density at radius 1 is 0.920 bits per heavy atom. The summed E-state index contributed by atoms with van der Waals surface area (Å²) in [6.07, 6.45) is 0. The maximum absolute atomic E-state index is 13.2. The smallest absolute Gasteiger partial charge is 0.258 e. The third-order valence-corrected chi connectivity index (χ3v) is 4.09. The summed E-state index contributed by atoms with van der Waals surface area (Å²) in [5.74, 6) is 0.626. The molecule has 1 amide bonds. The van der Waals surface area contributed by atoms with Crippen LogP contribution in [0, 0.1) is 6.92 Å². The molecule has 126 valence electrons. The molecule has 3 aromatic carbocycles. The van der Waals surface area contributed by atoms with Gasteiger partial charge in [0.2, 0.25) is 0 Å². The van der Waals surface area contributed by atoms with Crippen molar-refractivity contribution in [1.82, 2.24) is 0 Å². The van der Waals surface area contributed by atoms with Crippen molar-refractivity contribution in [2.75, 3.05) is 12.0 Å². The van der Waals surface area contributed by atoms with Crippen molar-refractivity contribution in [2.45, 2.75) is 13.5 Å². The molecule has 25 heavy (non-hydrogen) atoms. The Morgan fingerprint density at radius 2 is 1.64 bits per heavy atom. The van der Waals surface area contributed by atoms with Crippen LogP contribution in [0.25, 0.3) is 0 Å². The highest BCUT2D eigenvalue weighted by atomic mass is 16.5. The number of nitrogens with zero attached hydrogens (tertiary/aromatic N) is 1. The molecule has 0 atom stereocenters. The second-order valence-electron chi connectivity index (χ2n) is 5.94. The summed E-state index contributed by atoms with van der Waals surface area (Å²) in [6.45, 7) is 2.55. The fraction of sp³-hybridized carbons (Fsp3) is 0.136. The monoisotopic (exact) mass is 331 g/mol. The number of carbonyl (C=O) groups is 1. The number of anilines is 1. The number of hydrogen-bond donors (Lipinski definition) is 0. The van der Waals surface area contributed by atoms with Gasteiger partial charge in [0.1, 0.15) is 5.75 Å². The van der Waals surface area contributed by atoms with E-state index in [0.717, 1.165) is 16.8 Å². The van der Waals surface area contributed by atoms with Crippen molar-refractivity contribution < 1.29 is 9.53 Å². The topological polar surface area (TPSA) is 29.5 Å². The number of ether oxygens (including phenoxy) is 1. The Morgan fingerprint density at radius 3 is 2.32 bits per heavy atom. The van der Waals surface area contributed by atoms with Crippen LogP contribution in [0.3, 0.4) is 0 Å². The molecule has 0 heterocycles. The summed E-state index contributed by atoms with van der Waals surface area (Å²) in [4.78, 5) is 15.0. The zero-order valence-electron chi connectivity index (χ0n) is 14.5. The van der Waals surface area contributed by atoms with Gasteiger partial charge in [-0.2, -0.15) is 0 Å². The van der Waals surface area contributed by atoms with E-state index in [2.05, 4.69) is 0 Å². The summed E-state index contributed by atoms with van der Waals surface area (Å²) in [6, 6.07) is 25.3. The van der Waals surface area contributed by atoms with E-state index >= 15 is 0 Å². The van der Waals surface area contributed by atoms with Crippen LogP contribution in [0.15, 0.2) is 78.9 Å². The predicted molar refractivity (Wildman–Crippen MR) is 101 cm³/mol. The molecule has 0 aromatic heterocycles. The van der Waals surface area contributed by atoms with Gasteiger partial charge in [0.15, 0.2) is 0 Å². The van der Waals surface area contributed by atoms with Crippen molar-refractivity contribution in [3.8, 4) is 5.75 Å². The zero-order chi connectivity index (χ0) is 17.6. The minimum absolute atomic E-state index is 0.0494. The first kappa shape index (κ1) is 16.8. The maximum atomic E-state index is 13.2. The summed E-state index contributed by atoms with van der Waals surface area (Å²) in [5.41, 5.74) is 3.73. The van der Waals surface area contributed by atoms with Crippen LogP contribution < -0.4 is 9.64 Å². The van der Waals surface area contributed by atoms with Gasteiger partial charge in [-0.1, -0.05) is 54.1 Å². The number of amides is 1. The Bertz CT molecular complexity index is 841. The average Bonchev–Trinajstić information content (AvgIpc) is 2.67. The second kappa shape index (κ2) is 7.67. The zero-order valence-corrected chi connectivity index (χ0v) is 14.5. The van der Waals surface area contributed by atoms with Crippen LogP contribution >= 0.6 is 0 Å². The number of benzene rings is 3. The first-order valence-corrected chi connectivity index (χ1v) is 8.24. The third-order valence-electron chi connectivity index (χ3n) is 4.09. The third kappa shape index (κ3) is 4.07. The van der Waals surface area contributed by atoms with Crippen LogP contribution in [0.2, 0.25) is 0 Å². The van der Waals surface area contributed by atoms with E-state index < -0.39 is 0 Å². The van der Waals surface area contributed by atoms with E-state index in [1.165, 1.54) is 0 Å². The SMILES string of the molecule is COc1cccc(C(=O)N(Cc2ccccc2)c2ccc(C)cc2)c1. The lowest BCUT2D eigenvalue weighted by Gasteiger charge is -2.23. The molecular formula is C22H21NO2. The maximum Gasteiger partial charge on any atom is 0.258 e. The van der Waals surface area contributed by atoms with Crippen molar-refractivity contribution in [3.05, 3.63) is 95.6 Å². The van der Waals surface area contributed by atoms with Gasteiger partial charge in [-0.05, 0) is 42.8 Å². The van der Waals surface area contributed by atoms with Crippen molar-refractivity contribution in [1.29, 1.82) is 0 Å². The lowest BCUT2D eigenvalue weighted by molar-refractivity contribution is 0.0985. The fourth-order valence-electron chi connectivity index (χ4n) is 2.68. The Kier molecular flexibility index (Phi) is 5.14. The molecule has 0 N–H and O–H groups in total. The van der Waals surface area contributed by atoms with Crippen LogP contribution in [0.1, 0.15) is 21.5 Å². The molecule has 0 fully saturated rings. The molecule has 0 unspecified atom stereocenters. The van der Waals surface area contributed by atoms with Crippen molar-refractivity contribution >= 4 is 11.6 Å². The van der Waals surface area contributed by atoms with E-state index in [1.54, 1.807) is 18.1 Å². The van der Waals surface area contributed by atoms with Crippen LogP contribution in [0.4, 0.5) is 5.69 Å². The molecule has 0 aliphatic carbocycles. The Hall–Kier alpha value is -3.07. The first-order chi connectivity index (χ1) is 12.2. The predicted octanol–water partition coefficient (Wildman–Crippen LogP) is 4.85. The van der Waals surface area contributed by atoms with Gasteiger partial charge in [0, 0.05) is 11.3 Å². The highest BCUT2D eigenvalue weighted by Gasteiger charge is 2.18. The standard InChI is InChI=1S/C22H21NO2/c1-17-11-13-20(14-12-17)23(16-18-7-4-3-5-8-18)22(24)19-9-6-10-21(15-19)25-2/h3-15H,16H2,1-2H3. The molecule has 3 rings (SSSR count). The van der Waals surface area contributed by atoms with Gasteiger partial charge >= 0.3 is 0 Å². The lowest BCUT2D eigenvalue weighted by Crippen LogP contribution is -2.30.